The monoisotopic (exact) mass is 468 g/mol. The fraction of sp³-hybridized carbons (Fsp3) is 0.167. The van der Waals surface area contributed by atoms with Gasteiger partial charge in [-0.3, -0.25) is 14.6 Å². The number of carbonyl (C=O) groups excluding carboxylic acids is 2. The second-order valence-corrected chi connectivity index (χ2v) is 7.40. The summed E-state index contributed by atoms with van der Waals surface area (Å²) in [6.45, 7) is 3.46. The molecular weight excluding hydrogens is 449 g/mol. The van der Waals surface area contributed by atoms with Crippen molar-refractivity contribution in [3.05, 3.63) is 77.9 Å². The van der Waals surface area contributed by atoms with E-state index >= 15 is 0 Å². The number of nitrogens with zero attached hydrogens (tertiary/aromatic N) is 3. The van der Waals surface area contributed by atoms with Gasteiger partial charge in [-0.25, -0.2) is 4.98 Å². The molecule has 1 N–H and O–H groups in total. The quantitative estimate of drug-likeness (QED) is 0.381. The summed E-state index contributed by atoms with van der Waals surface area (Å²) in [6.07, 6.45) is -1.36. The van der Waals surface area contributed by atoms with Crippen LogP contribution in [0.4, 0.5) is 18.9 Å². The number of para-hydroxylation sites is 1. The SMILES string of the molecule is CCC(=O)c1ccccc1NC(=O)c1nc2cnc(-c3ccc(OC(F)(F)F)cc3)cn2c1C. The first-order valence-electron chi connectivity index (χ1n) is 10.3. The maximum atomic E-state index is 12.9. The molecule has 0 bridgehead atoms. The number of hydrogen-bond acceptors (Lipinski definition) is 5. The number of benzene rings is 2. The number of rotatable bonds is 6. The minimum absolute atomic E-state index is 0.0943. The number of fused-ring (bicyclic) bond motifs is 1. The molecule has 4 aromatic rings. The van der Waals surface area contributed by atoms with Crippen molar-refractivity contribution in [3.8, 4) is 17.0 Å². The van der Waals surface area contributed by atoms with Gasteiger partial charge in [0.1, 0.15) is 5.75 Å². The van der Waals surface area contributed by atoms with Crippen LogP contribution in [0.5, 0.6) is 5.75 Å². The van der Waals surface area contributed by atoms with Crippen molar-refractivity contribution in [1.82, 2.24) is 14.4 Å². The summed E-state index contributed by atoms with van der Waals surface area (Å²) in [5.74, 6) is -0.909. The molecule has 7 nitrogen and oxygen atoms in total. The summed E-state index contributed by atoms with van der Waals surface area (Å²) in [6, 6.07) is 12.1. The molecule has 0 aliphatic carbocycles. The van der Waals surface area contributed by atoms with Gasteiger partial charge in [-0.15, -0.1) is 13.2 Å². The van der Waals surface area contributed by atoms with Crippen molar-refractivity contribution in [2.75, 3.05) is 5.32 Å². The van der Waals surface area contributed by atoms with Gasteiger partial charge in [-0.1, -0.05) is 19.1 Å². The Balaban J connectivity index is 1.62. The number of carbonyl (C=O) groups is 2. The summed E-state index contributed by atoms with van der Waals surface area (Å²) in [5.41, 5.74) is 2.96. The normalized spacial score (nSPS) is 11.4. The Morgan fingerprint density at radius 1 is 1.09 bits per heavy atom. The number of amides is 1. The Bertz CT molecular complexity index is 1380. The smallest absolute Gasteiger partial charge is 0.406 e. The van der Waals surface area contributed by atoms with E-state index < -0.39 is 12.3 Å². The zero-order valence-electron chi connectivity index (χ0n) is 18.2. The first-order valence-corrected chi connectivity index (χ1v) is 10.3. The van der Waals surface area contributed by atoms with Crippen LogP contribution in [0.3, 0.4) is 0 Å². The van der Waals surface area contributed by atoms with E-state index in [4.69, 9.17) is 0 Å². The number of alkyl halides is 3. The minimum atomic E-state index is -4.77. The summed E-state index contributed by atoms with van der Waals surface area (Å²) in [4.78, 5) is 33.8. The molecule has 2 aromatic carbocycles. The summed E-state index contributed by atoms with van der Waals surface area (Å²) in [7, 11) is 0. The van der Waals surface area contributed by atoms with E-state index in [9.17, 15) is 22.8 Å². The number of hydrogen-bond donors (Lipinski definition) is 1. The molecule has 0 fully saturated rings. The third-order valence-corrected chi connectivity index (χ3v) is 5.14. The summed E-state index contributed by atoms with van der Waals surface area (Å²) >= 11 is 0. The number of ketones is 1. The number of Topliss-reactive ketones (excluding diaryl/α,β-unsaturated/α-hetero) is 1. The van der Waals surface area contributed by atoms with Gasteiger partial charge in [0.25, 0.3) is 5.91 Å². The van der Waals surface area contributed by atoms with Crippen LogP contribution in [-0.2, 0) is 0 Å². The van der Waals surface area contributed by atoms with Crippen molar-refractivity contribution >= 4 is 23.0 Å². The molecule has 0 saturated heterocycles. The Morgan fingerprint density at radius 3 is 2.47 bits per heavy atom. The number of halogens is 3. The second-order valence-electron chi connectivity index (χ2n) is 7.40. The van der Waals surface area contributed by atoms with E-state index in [1.165, 1.54) is 30.5 Å². The number of anilines is 1. The molecule has 0 radical (unpaired) electrons. The number of aromatic nitrogens is 3. The van der Waals surface area contributed by atoms with E-state index in [1.54, 1.807) is 48.7 Å². The van der Waals surface area contributed by atoms with Crippen LogP contribution in [0.2, 0.25) is 0 Å². The Morgan fingerprint density at radius 2 is 1.79 bits per heavy atom. The van der Waals surface area contributed by atoms with Gasteiger partial charge in [-0.2, -0.15) is 0 Å². The van der Waals surface area contributed by atoms with Crippen molar-refractivity contribution in [2.45, 2.75) is 26.6 Å². The van der Waals surface area contributed by atoms with Crippen LogP contribution in [-0.4, -0.2) is 32.4 Å². The van der Waals surface area contributed by atoms with Crippen LogP contribution < -0.4 is 10.1 Å². The molecule has 0 spiro atoms. The average Bonchev–Trinajstić information content (AvgIpc) is 3.14. The van der Waals surface area contributed by atoms with E-state index in [-0.39, 0.29) is 17.2 Å². The number of aryl methyl sites for hydroxylation is 1. The van der Waals surface area contributed by atoms with Crippen molar-refractivity contribution in [1.29, 1.82) is 0 Å². The highest BCUT2D eigenvalue weighted by Crippen LogP contribution is 2.26. The fourth-order valence-electron chi connectivity index (χ4n) is 3.47. The van der Waals surface area contributed by atoms with Crippen LogP contribution in [0.15, 0.2) is 60.9 Å². The maximum Gasteiger partial charge on any atom is 0.573 e. The molecule has 174 valence electrons. The maximum absolute atomic E-state index is 12.9. The van der Waals surface area contributed by atoms with Gasteiger partial charge < -0.3 is 14.5 Å². The minimum Gasteiger partial charge on any atom is -0.406 e. The predicted octanol–water partition coefficient (Wildman–Crippen LogP) is 5.45. The zero-order valence-corrected chi connectivity index (χ0v) is 18.2. The Kier molecular flexibility index (Phi) is 6.06. The standard InChI is InChI=1S/C24H19F3N4O3/c1-3-20(32)17-6-4-5-7-18(17)29-23(33)22-14(2)31-13-19(28-12-21(31)30-22)15-8-10-16(11-9-15)34-24(25,26)27/h4-13H,3H2,1-2H3,(H,29,33). The average molecular weight is 468 g/mol. The summed E-state index contributed by atoms with van der Waals surface area (Å²) < 4.78 is 42.7. The van der Waals surface area contributed by atoms with Crippen molar-refractivity contribution in [2.24, 2.45) is 0 Å². The first-order chi connectivity index (χ1) is 16.2. The highest BCUT2D eigenvalue weighted by atomic mass is 19.4. The van der Waals surface area contributed by atoms with E-state index in [1.807, 2.05) is 0 Å². The molecule has 0 atom stereocenters. The lowest BCUT2D eigenvalue weighted by Crippen LogP contribution is -2.16. The zero-order chi connectivity index (χ0) is 24.5. The van der Waals surface area contributed by atoms with Gasteiger partial charge in [0.15, 0.2) is 17.1 Å². The highest BCUT2D eigenvalue weighted by molar-refractivity contribution is 6.09. The van der Waals surface area contributed by atoms with Gasteiger partial charge >= 0.3 is 6.36 Å². The number of ether oxygens (including phenoxy) is 1. The fourth-order valence-corrected chi connectivity index (χ4v) is 3.47. The van der Waals surface area contributed by atoms with Gasteiger partial charge in [0.05, 0.1) is 23.3 Å². The van der Waals surface area contributed by atoms with Crippen LogP contribution >= 0.6 is 0 Å². The molecule has 2 heterocycles. The molecule has 0 aliphatic rings. The predicted molar refractivity (Wildman–Crippen MR) is 119 cm³/mol. The molecule has 0 saturated carbocycles. The lowest BCUT2D eigenvalue weighted by Gasteiger charge is -2.09. The van der Waals surface area contributed by atoms with Crippen LogP contribution in [0, 0.1) is 6.92 Å². The molecule has 0 unspecified atom stereocenters. The molecule has 34 heavy (non-hydrogen) atoms. The summed E-state index contributed by atoms with van der Waals surface area (Å²) in [5, 5.41) is 2.75. The lowest BCUT2D eigenvalue weighted by molar-refractivity contribution is -0.274. The number of imidazole rings is 1. The van der Waals surface area contributed by atoms with Crippen LogP contribution in [0.1, 0.15) is 39.9 Å². The molecule has 4 rings (SSSR count). The highest BCUT2D eigenvalue weighted by Gasteiger charge is 2.31. The van der Waals surface area contributed by atoms with Crippen molar-refractivity contribution < 1.29 is 27.5 Å². The Hall–Kier alpha value is -4.21. The topological polar surface area (TPSA) is 85.6 Å². The molecule has 1 amide bonds. The lowest BCUT2D eigenvalue weighted by atomic mass is 10.1. The third-order valence-electron chi connectivity index (χ3n) is 5.14. The van der Waals surface area contributed by atoms with Gasteiger partial charge in [0.2, 0.25) is 0 Å². The largest absolute Gasteiger partial charge is 0.573 e. The third kappa shape index (κ3) is 4.75. The van der Waals surface area contributed by atoms with Crippen LogP contribution in [0.25, 0.3) is 16.9 Å². The molecule has 10 heteroatoms. The molecular formula is C24H19F3N4O3. The van der Waals surface area contributed by atoms with E-state index in [0.717, 1.165) is 0 Å². The van der Waals surface area contributed by atoms with Gasteiger partial charge in [0, 0.05) is 23.7 Å². The van der Waals surface area contributed by atoms with E-state index in [2.05, 4.69) is 20.0 Å². The van der Waals surface area contributed by atoms with Crippen molar-refractivity contribution in [3.63, 3.8) is 0 Å². The van der Waals surface area contributed by atoms with Gasteiger partial charge in [-0.05, 0) is 43.3 Å². The van der Waals surface area contributed by atoms with E-state index in [0.29, 0.717) is 40.3 Å². The first kappa shape index (κ1) is 23.0. The molecule has 2 aromatic heterocycles. The number of nitrogens with one attached hydrogen (secondary N) is 1. The second kappa shape index (κ2) is 8.97. The Labute approximate surface area is 192 Å². The molecule has 0 aliphatic heterocycles.